The quantitative estimate of drug-likeness (QED) is 0.415. The lowest BCUT2D eigenvalue weighted by atomic mass is 9.95. The Morgan fingerprint density at radius 2 is 1.75 bits per heavy atom. The van der Waals surface area contributed by atoms with Gasteiger partial charge in [0.2, 0.25) is 11.8 Å². The molecular weight excluding hydrogens is 463 g/mol. The average molecular weight is 494 g/mol. The largest absolute Gasteiger partial charge is 0.352 e. The fourth-order valence-corrected chi connectivity index (χ4v) is 5.05. The molecule has 0 unspecified atom stereocenters. The second kappa shape index (κ2) is 12.5. The summed E-state index contributed by atoms with van der Waals surface area (Å²) in [4.78, 5) is 28.9. The molecule has 0 heterocycles. The van der Waals surface area contributed by atoms with E-state index in [9.17, 15) is 9.59 Å². The predicted octanol–water partition coefficient (Wildman–Crippen LogP) is 6.34. The molecule has 2 amide bonds. The number of amides is 2. The molecule has 3 rings (SSSR count). The molecule has 1 saturated carbocycles. The summed E-state index contributed by atoms with van der Waals surface area (Å²) in [5.74, 6) is 0.469. The summed E-state index contributed by atoms with van der Waals surface area (Å²) in [7, 11) is 0. The second-order valence-corrected chi connectivity index (χ2v) is 10.2. The Balaban J connectivity index is 1.65. The molecule has 2 aromatic carbocycles. The van der Waals surface area contributed by atoms with Crippen molar-refractivity contribution in [2.45, 2.75) is 69.0 Å². The van der Waals surface area contributed by atoms with Gasteiger partial charge in [0.15, 0.2) is 0 Å². The van der Waals surface area contributed by atoms with Crippen LogP contribution in [-0.2, 0) is 16.1 Å². The van der Waals surface area contributed by atoms with Crippen LogP contribution in [0, 0.1) is 0 Å². The zero-order chi connectivity index (χ0) is 22.9. The van der Waals surface area contributed by atoms with Gasteiger partial charge in [0.25, 0.3) is 0 Å². The molecule has 1 N–H and O–H groups in total. The highest BCUT2D eigenvalue weighted by molar-refractivity contribution is 7.99. The minimum absolute atomic E-state index is 0.0577. The number of hydrogen-bond acceptors (Lipinski definition) is 3. The number of nitrogens with zero attached hydrogens (tertiary/aromatic N) is 1. The topological polar surface area (TPSA) is 49.4 Å². The lowest BCUT2D eigenvalue weighted by Gasteiger charge is -2.31. The Bertz CT molecular complexity index is 901. The van der Waals surface area contributed by atoms with Gasteiger partial charge in [-0.1, -0.05) is 60.7 Å². The molecule has 1 aliphatic carbocycles. The summed E-state index contributed by atoms with van der Waals surface area (Å²) in [6.07, 6.45) is 5.86. The molecule has 0 spiro atoms. The number of carbonyl (C=O) groups excluding carboxylic acids is 2. The number of benzene rings is 2. The van der Waals surface area contributed by atoms with Crippen molar-refractivity contribution in [1.29, 1.82) is 0 Å². The molecule has 0 saturated heterocycles. The van der Waals surface area contributed by atoms with Crippen LogP contribution in [0.4, 0.5) is 0 Å². The lowest BCUT2D eigenvalue weighted by molar-refractivity contribution is -0.140. The minimum Gasteiger partial charge on any atom is -0.352 e. The monoisotopic (exact) mass is 492 g/mol. The van der Waals surface area contributed by atoms with Gasteiger partial charge >= 0.3 is 0 Å². The Hall–Kier alpha value is -1.69. The SMILES string of the molecule is C[C@@H](C(=O)NC1CCCCC1)N(Cc1ccccc1Cl)C(=O)CCSc1ccc(Cl)cc1. The first kappa shape index (κ1) is 24.9. The maximum atomic E-state index is 13.2. The van der Waals surface area contributed by atoms with Crippen LogP contribution in [0.3, 0.4) is 0 Å². The molecule has 7 heteroatoms. The van der Waals surface area contributed by atoms with Crippen LogP contribution in [0.2, 0.25) is 10.0 Å². The Kier molecular flexibility index (Phi) is 9.76. The van der Waals surface area contributed by atoms with Crippen molar-refractivity contribution in [2.24, 2.45) is 0 Å². The Morgan fingerprint density at radius 3 is 2.44 bits per heavy atom. The molecule has 1 aliphatic rings. The molecular formula is C25H30Cl2N2O2S. The standard InChI is InChI=1S/C25H30Cl2N2O2S/c1-18(25(31)28-21-8-3-2-4-9-21)29(17-19-7-5-6-10-23(19)27)24(30)15-16-32-22-13-11-20(26)12-14-22/h5-7,10-14,18,21H,2-4,8-9,15-17H2,1H3,(H,28,31)/t18-/m0/s1. The fraction of sp³-hybridized carbons (Fsp3) is 0.440. The van der Waals surface area contributed by atoms with Gasteiger partial charge in [-0.25, -0.2) is 0 Å². The molecule has 2 aromatic rings. The third kappa shape index (κ3) is 7.43. The molecule has 32 heavy (non-hydrogen) atoms. The smallest absolute Gasteiger partial charge is 0.242 e. The van der Waals surface area contributed by atoms with Crippen LogP contribution in [0.25, 0.3) is 0 Å². The molecule has 1 fully saturated rings. The van der Waals surface area contributed by atoms with Gasteiger partial charge < -0.3 is 10.2 Å². The van der Waals surface area contributed by atoms with Gasteiger partial charge in [-0.2, -0.15) is 0 Å². The number of rotatable bonds is 9. The highest BCUT2D eigenvalue weighted by atomic mass is 35.5. The highest BCUT2D eigenvalue weighted by Gasteiger charge is 2.28. The minimum atomic E-state index is -0.568. The van der Waals surface area contributed by atoms with Crippen molar-refractivity contribution < 1.29 is 9.59 Å². The average Bonchev–Trinajstić information content (AvgIpc) is 2.80. The maximum absolute atomic E-state index is 13.2. The normalized spacial score (nSPS) is 15.2. The Labute approximate surface area is 205 Å². The third-order valence-electron chi connectivity index (χ3n) is 5.82. The van der Waals surface area contributed by atoms with Crippen LogP contribution in [0.15, 0.2) is 53.4 Å². The molecule has 4 nitrogen and oxygen atoms in total. The van der Waals surface area contributed by atoms with Crippen LogP contribution in [0.5, 0.6) is 0 Å². The van der Waals surface area contributed by atoms with Gasteiger partial charge in [-0.05, 0) is 55.7 Å². The van der Waals surface area contributed by atoms with E-state index in [1.165, 1.54) is 6.42 Å². The van der Waals surface area contributed by atoms with Crippen LogP contribution >= 0.6 is 35.0 Å². The number of hydrogen-bond donors (Lipinski definition) is 1. The first-order valence-corrected chi connectivity index (χ1v) is 12.9. The molecule has 172 valence electrons. The maximum Gasteiger partial charge on any atom is 0.242 e. The molecule has 0 bridgehead atoms. The summed E-state index contributed by atoms with van der Waals surface area (Å²) in [6.45, 7) is 2.11. The van der Waals surface area contributed by atoms with Crippen LogP contribution in [0.1, 0.15) is 51.0 Å². The summed E-state index contributed by atoms with van der Waals surface area (Å²) in [6, 6.07) is 14.7. The second-order valence-electron chi connectivity index (χ2n) is 8.18. The lowest BCUT2D eigenvalue weighted by Crippen LogP contribution is -2.50. The van der Waals surface area contributed by atoms with E-state index in [-0.39, 0.29) is 17.9 Å². The summed E-state index contributed by atoms with van der Waals surface area (Å²) >= 11 is 13.9. The van der Waals surface area contributed by atoms with E-state index in [0.717, 1.165) is 36.1 Å². The predicted molar refractivity (Wildman–Crippen MR) is 133 cm³/mol. The highest BCUT2D eigenvalue weighted by Crippen LogP contribution is 2.24. The van der Waals surface area contributed by atoms with E-state index in [1.807, 2.05) is 48.5 Å². The van der Waals surface area contributed by atoms with Gasteiger partial charge in [-0.3, -0.25) is 9.59 Å². The fourth-order valence-electron chi connectivity index (χ4n) is 3.89. The molecule has 0 aliphatic heterocycles. The van der Waals surface area contributed by atoms with Crippen molar-refractivity contribution >= 4 is 46.8 Å². The zero-order valence-corrected chi connectivity index (χ0v) is 20.7. The number of nitrogens with one attached hydrogen (secondary N) is 1. The van der Waals surface area contributed by atoms with Crippen molar-refractivity contribution in [3.05, 3.63) is 64.1 Å². The van der Waals surface area contributed by atoms with E-state index in [1.54, 1.807) is 23.6 Å². The first-order chi connectivity index (χ1) is 15.4. The Morgan fingerprint density at radius 1 is 1.06 bits per heavy atom. The van der Waals surface area contributed by atoms with E-state index >= 15 is 0 Å². The first-order valence-electron chi connectivity index (χ1n) is 11.2. The van der Waals surface area contributed by atoms with Gasteiger partial charge in [0.05, 0.1) is 0 Å². The van der Waals surface area contributed by atoms with E-state index in [4.69, 9.17) is 23.2 Å². The van der Waals surface area contributed by atoms with Crippen molar-refractivity contribution in [2.75, 3.05) is 5.75 Å². The van der Waals surface area contributed by atoms with Crippen LogP contribution < -0.4 is 5.32 Å². The third-order valence-corrected chi connectivity index (χ3v) is 7.45. The molecule has 0 aromatic heterocycles. The number of thioether (sulfide) groups is 1. The van der Waals surface area contributed by atoms with Gasteiger partial charge in [-0.15, -0.1) is 11.8 Å². The summed E-state index contributed by atoms with van der Waals surface area (Å²) in [5, 5.41) is 4.44. The molecule has 1 atom stereocenters. The van der Waals surface area contributed by atoms with E-state index in [2.05, 4.69) is 5.32 Å². The number of halogens is 2. The molecule has 0 radical (unpaired) electrons. The van der Waals surface area contributed by atoms with E-state index < -0.39 is 6.04 Å². The van der Waals surface area contributed by atoms with Crippen molar-refractivity contribution in [3.63, 3.8) is 0 Å². The van der Waals surface area contributed by atoms with E-state index in [0.29, 0.717) is 28.8 Å². The van der Waals surface area contributed by atoms with Crippen molar-refractivity contribution in [3.8, 4) is 0 Å². The summed E-state index contributed by atoms with van der Waals surface area (Å²) in [5.41, 5.74) is 0.838. The zero-order valence-electron chi connectivity index (χ0n) is 18.4. The van der Waals surface area contributed by atoms with Crippen molar-refractivity contribution in [1.82, 2.24) is 10.2 Å². The number of carbonyl (C=O) groups is 2. The van der Waals surface area contributed by atoms with Crippen LogP contribution in [-0.4, -0.2) is 34.6 Å². The van der Waals surface area contributed by atoms with Gasteiger partial charge in [0.1, 0.15) is 6.04 Å². The summed E-state index contributed by atoms with van der Waals surface area (Å²) < 4.78 is 0. The van der Waals surface area contributed by atoms with Gasteiger partial charge in [0, 0.05) is 39.7 Å².